The molecule has 1 aliphatic heterocycles. The molecular formula is C23H27ClFN3O. The highest BCUT2D eigenvalue weighted by atomic mass is 35.5. The second-order valence-electron chi connectivity index (χ2n) is 8.11. The second-order valence-corrected chi connectivity index (χ2v) is 8.52. The molecule has 0 bridgehead atoms. The molecule has 1 fully saturated rings. The number of halogens is 2. The summed E-state index contributed by atoms with van der Waals surface area (Å²) < 4.78 is 13.3. The van der Waals surface area contributed by atoms with Crippen molar-refractivity contribution in [3.8, 4) is 6.07 Å². The topological polar surface area (TPSA) is 50.5 Å². The molecule has 1 saturated heterocycles. The van der Waals surface area contributed by atoms with Gasteiger partial charge in [-0.15, -0.1) is 0 Å². The molecule has 6 heteroatoms. The van der Waals surface area contributed by atoms with Gasteiger partial charge in [0.1, 0.15) is 5.82 Å². The maximum absolute atomic E-state index is 13.3. The molecule has 154 valence electrons. The van der Waals surface area contributed by atoms with Crippen LogP contribution in [0, 0.1) is 23.1 Å². The van der Waals surface area contributed by atoms with Gasteiger partial charge in [-0.25, -0.2) is 4.39 Å². The molecule has 0 saturated carbocycles. The molecule has 1 aliphatic rings. The maximum Gasteiger partial charge on any atom is 0.124 e. The summed E-state index contributed by atoms with van der Waals surface area (Å²) in [7, 11) is 4.01. The molecule has 2 aromatic rings. The molecule has 0 spiro atoms. The minimum atomic E-state index is -0.971. The number of benzene rings is 2. The van der Waals surface area contributed by atoms with Crippen molar-refractivity contribution in [2.24, 2.45) is 5.92 Å². The minimum absolute atomic E-state index is 0.00359. The van der Waals surface area contributed by atoms with Gasteiger partial charge < -0.3 is 14.9 Å². The predicted octanol–water partition coefficient (Wildman–Crippen LogP) is 3.66. The Morgan fingerprint density at radius 1 is 1.31 bits per heavy atom. The average Bonchev–Trinajstić information content (AvgIpc) is 2.69. The zero-order valence-corrected chi connectivity index (χ0v) is 17.7. The molecule has 29 heavy (non-hydrogen) atoms. The lowest BCUT2D eigenvalue weighted by Gasteiger charge is -2.46. The Morgan fingerprint density at radius 3 is 2.79 bits per heavy atom. The summed E-state index contributed by atoms with van der Waals surface area (Å²) in [5.74, 6) is -0.323. The molecule has 4 nitrogen and oxygen atoms in total. The first kappa shape index (κ1) is 21.7. The molecule has 1 heterocycles. The van der Waals surface area contributed by atoms with Gasteiger partial charge in [0.25, 0.3) is 0 Å². The van der Waals surface area contributed by atoms with Crippen molar-refractivity contribution in [1.29, 1.82) is 5.26 Å². The molecule has 0 aliphatic carbocycles. The number of nitrogens with zero attached hydrogens (tertiary/aromatic N) is 3. The number of piperidine rings is 1. The monoisotopic (exact) mass is 415 g/mol. The second kappa shape index (κ2) is 9.23. The van der Waals surface area contributed by atoms with Gasteiger partial charge in [0.15, 0.2) is 0 Å². The Bertz CT molecular complexity index is 898. The van der Waals surface area contributed by atoms with E-state index in [9.17, 15) is 14.8 Å². The number of aliphatic hydroxyl groups is 1. The van der Waals surface area contributed by atoms with Crippen LogP contribution in [0.2, 0.25) is 5.02 Å². The third-order valence-corrected chi connectivity index (χ3v) is 6.10. The van der Waals surface area contributed by atoms with Crippen LogP contribution in [0.3, 0.4) is 0 Å². The van der Waals surface area contributed by atoms with E-state index < -0.39 is 5.60 Å². The van der Waals surface area contributed by atoms with Crippen molar-refractivity contribution in [3.63, 3.8) is 0 Å². The van der Waals surface area contributed by atoms with Crippen LogP contribution in [-0.2, 0) is 12.0 Å². The highest BCUT2D eigenvalue weighted by Crippen LogP contribution is 2.38. The zero-order valence-electron chi connectivity index (χ0n) is 16.9. The van der Waals surface area contributed by atoms with Crippen LogP contribution < -0.4 is 0 Å². The molecule has 0 radical (unpaired) electrons. The standard InChI is InChI=1S/C23H27ClFN3O/c1-27(2)15-20-16-28(10-8-18-6-7-21(25)13-22(18)24)11-9-23(20,29)19-5-3-4-17(12-19)14-26/h3-7,12-13,20,29H,8-11,15-16H2,1-2H3. The summed E-state index contributed by atoms with van der Waals surface area (Å²) in [5.41, 5.74) is 1.33. The molecule has 1 N–H and O–H groups in total. The first-order valence-corrected chi connectivity index (χ1v) is 10.2. The number of nitriles is 1. The normalized spacial score (nSPS) is 22.6. The summed E-state index contributed by atoms with van der Waals surface area (Å²) in [6.07, 6.45) is 1.33. The number of hydrogen-bond donors (Lipinski definition) is 1. The van der Waals surface area contributed by atoms with Gasteiger partial charge >= 0.3 is 0 Å². The van der Waals surface area contributed by atoms with Gasteiger partial charge in [0.05, 0.1) is 17.2 Å². The van der Waals surface area contributed by atoms with Gasteiger partial charge in [-0.1, -0.05) is 29.8 Å². The fraction of sp³-hybridized carbons (Fsp3) is 0.435. The number of hydrogen-bond acceptors (Lipinski definition) is 4. The van der Waals surface area contributed by atoms with Crippen LogP contribution in [0.4, 0.5) is 4.39 Å². The van der Waals surface area contributed by atoms with Gasteiger partial charge in [0.2, 0.25) is 0 Å². The average molecular weight is 416 g/mol. The number of likely N-dealkylation sites (tertiary alicyclic amines) is 1. The summed E-state index contributed by atoms with van der Waals surface area (Å²) >= 11 is 6.17. The minimum Gasteiger partial charge on any atom is -0.385 e. The quantitative estimate of drug-likeness (QED) is 0.782. The summed E-state index contributed by atoms with van der Waals surface area (Å²) in [6.45, 7) is 3.02. The van der Waals surface area contributed by atoms with Crippen LogP contribution >= 0.6 is 11.6 Å². The van der Waals surface area contributed by atoms with E-state index in [-0.39, 0.29) is 11.7 Å². The van der Waals surface area contributed by atoms with E-state index in [0.29, 0.717) is 17.0 Å². The first-order valence-electron chi connectivity index (χ1n) is 9.86. The molecule has 2 atom stereocenters. The predicted molar refractivity (Wildman–Crippen MR) is 113 cm³/mol. The van der Waals surface area contributed by atoms with E-state index in [1.165, 1.54) is 12.1 Å². The molecule has 0 aromatic heterocycles. The summed E-state index contributed by atoms with van der Waals surface area (Å²) in [6, 6.07) is 14.0. The van der Waals surface area contributed by atoms with Crippen LogP contribution in [0.25, 0.3) is 0 Å². The lowest BCUT2D eigenvalue weighted by atomic mass is 9.75. The summed E-state index contributed by atoms with van der Waals surface area (Å²) in [5, 5.41) is 21.3. The van der Waals surface area contributed by atoms with E-state index in [2.05, 4.69) is 15.9 Å². The van der Waals surface area contributed by atoms with Gasteiger partial charge in [0, 0.05) is 37.1 Å². The Hall–Kier alpha value is -1.97. The van der Waals surface area contributed by atoms with E-state index in [1.54, 1.807) is 18.2 Å². The largest absolute Gasteiger partial charge is 0.385 e. The number of rotatable bonds is 6. The van der Waals surface area contributed by atoms with E-state index >= 15 is 0 Å². The maximum atomic E-state index is 13.3. The van der Waals surface area contributed by atoms with Crippen molar-refractivity contribution < 1.29 is 9.50 Å². The zero-order chi connectivity index (χ0) is 21.0. The first-order chi connectivity index (χ1) is 13.8. The van der Waals surface area contributed by atoms with Crippen LogP contribution in [0.15, 0.2) is 42.5 Å². The van der Waals surface area contributed by atoms with Crippen LogP contribution in [-0.4, -0.2) is 55.2 Å². The Balaban J connectivity index is 1.75. The van der Waals surface area contributed by atoms with E-state index in [4.69, 9.17) is 11.6 Å². The Morgan fingerprint density at radius 2 is 2.10 bits per heavy atom. The van der Waals surface area contributed by atoms with E-state index in [0.717, 1.165) is 43.7 Å². The highest BCUT2D eigenvalue weighted by molar-refractivity contribution is 6.31. The van der Waals surface area contributed by atoms with Crippen molar-refractivity contribution in [2.45, 2.75) is 18.4 Å². The van der Waals surface area contributed by atoms with Crippen molar-refractivity contribution >= 4 is 11.6 Å². The smallest absolute Gasteiger partial charge is 0.124 e. The SMILES string of the molecule is CN(C)CC1CN(CCc2ccc(F)cc2Cl)CCC1(O)c1cccc(C#N)c1. The third kappa shape index (κ3) is 5.15. The van der Waals surface area contributed by atoms with Gasteiger partial charge in [-0.05, 0) is 62.3 Å². The third-order valence-electron chi connectivity index (χ3n) is 5.75. The highest BCUT2D eigenvalue weighted by Gasteiger charge is 2.42. The Kier molecular flexibility index (Phi) is 6.92. The molecule has 3 rings (SSSR count). The molecule has 2 unspecified atom stereocenters. The van der Waals surface area contributed by atoms with Crippen LogP contribution in [0.5, 0.6) is 0 Å². The lowest BCUT2D eigenvalue weighted by molar-refractivity contribution is -0.0843. The van der Waals surface area contributed by atoms with Crippen molar-refractivity contribution in [2.75, 3.05) is 40.3 Å². The van der Waals surface area contributed by atoms with Gasteiger partial charge in [-0.3, -0.25) is 0 Å². The van der Waals surface area contributed by atoms with Crippen molar-refractivity contribution in [3.05, 3.63) is 70.0 Å². The molecule has 0 amide bonds. The van der Waals surface area contributed by atoms with Gasteiger partial charge in [-0.2, -0.15) is 5.26 Å². The fourth-order valence-electron chi connectivity index (χ4n) is 4.18. The summed E-state index contributed by atoms with van der Waals surface area (Å²) in [4.78, 5) is 4.42. The van der Waals surface area contributed by atoms with E-state index in [1.807, 2.05) is 26.2 Å². The lowest BCUT2D eigenvalue weighted by Crippen LogP contribution is -2.53. The fourth-order valence-corrected chi connectivity index (χ4v) is 4.44. The molecular weight excluding hydrogens is 389 g/mol. The Labute approximate surface area is 177 Å². The van der Waals surface area contributed by atoms with Crippen molar-refractivity contribution in [1.82, 2.24) is 9.80 Å². The molecule has 2 aromatic carbocycles. The van der Waals surface area contributed by atoms with Crippen LogP contribution in [0.1, 0.15) is 23.1 Å².